The molecule has 164 valence electrons. The maximum Gasteiger partial charge on any atom is 0.488 e. The van der Waals surface area contributed by atoms with E-state index in [2.05, 4.69) is 48.0 Å². The predicted octanol–water partition coefficient (Wildman–Crippen LogP) is 4.49. The van der Waals surface area contributed by atoms with Crippen LogP contribution < -0.4 is 5.46 Å². The van der Waals surface area contributed by atoms with Crippen LogP contribution in [-0.4, -0.2) is 37.1 Å². The van der Waals surface area contributed by atoms with E-state index in [1.54, 1.807) is 24.3 Å². The van der Waals surface area contributed by atoms with Gasteiger partial charge in [-0.1, -0.05) is 68.1 Å². The summed E-state index contributed by atoms with van der Waals surface area (Å²) in [6.45, 7) is 7.92. The molecule has 0 radical (unpaired) electrons. The summed E-state index contributed by atoms with van der Waals surface area (Å²) in [4.78, 5) is 14.7. The van der Waals surface area contributed by atoms with Gasteiger partial charge in [-0.2, -0.15) is 0 Å². The van der Waals surface area contributed by atoms with Crippen LogP contribution in [0, 0.1) is 27.7 Å². The van der Waals surface area contributed by atoms with Crippen molar-refractivity contribution >= 4 is 28.5 Å². The summed E-state index contributed by atoms with van der Waals surface area (Å²) in [5.74, 6) is 1.92. The van der Waals surface area contributed by atoms with Crippen LogP contribution in [0.2, 0.25) is 0 Å². The highest BCUT2D eigenvalue weighted by Gasteiger charge is 2.07. The van der Waals surface area contributed by atoms with Gasteiger partial charge in [-0.25, -0.2) is 9.97 Å². The van der Waals surface area contributed by atoms with Crippen LogP contribution in [0.4, 0.5) is 0 Å². The summed E-state index contributed by atoms with van der Waals surface area (Å²) in [5.41, 5.74) is 4.96. The summed E-state index contributed by atoms with van der Waals surface area (Å²) in [6, 6.07) is 18.9. The third-order valence-corrected chi connectivity index (χ3v) is 4.86. The highest BCUT2D eigenvalue weighted by molar-refractivity contribution is 9.10. The maximum atomic E-state index is 8.58. The quantitative estimate of drug-likeness (QED) is 0.315. The van der Waals surface area contributed by atoms with Gasteiger partial charge in [-0.3, -0.25) is 0 Å². The number of rotatable bonds is 2. The summed E-state index contributed by atoms with van der Waals surface area (Å²) in [5, 5.41) is 17.2. The number of nitrogens with zero attached hydrogens (tertiary/aromatic N) is 2. The Hall–Kier alpha value is -2.68. The molecule has 4 rings (SSSR count). The molecule has 0 fully saturated rings. The molecule has 31 heavy (non-hydrogen) atoms. The van der Waals surface area contributed by atoms with E-state index in [4.69, 9.17) is 10.0 Å². The molecule has 4 aromatic rings. The van der Waals surface area contributed by atoms with Crippen LogP contribution in [-0.2, 0) is 0 Å². The van der Waals surface area contributed by atoms with Crippen molar-refractivity contribution in [2.45, 2.75) is 35.1 Å². The number of aromatic nitrogens is 4. The summed E-state index contributed by atoms with van der Waals surface area (Å²) in [6.07, 6.45) is 0. The number of aryl methyl sites for hydroxylation is 4. The number of hydrogen-bond acceptors (Lipinski definition) is 4. The average molecular weight is 485 g/mol. The summed E-state index contributed by atoms with van der Waals surface area (Å²) < 4.78 is 0.912. The van der Waals surface area contributed by atoms with Gasteiger partial charge < -0.3 is 20.0 Å². The van der Waals surface area contributed by atoms with E-state index in [-0.39, 0.29) is 7.43 Å². The molecular weight excluding hydrogens is 455 g/mol. The lowest BCUT2D eigenvalue weighted by Gasteiger charge is -1.96. The van der Waals surface area contributed by atoms with Crippen LogP contribution in [0.1, 0.15) is 30.5 Å². The number of aromatic amines is 2. The van der Waals surface area contributed by atoms with Crippen LogP contribution in [0.3, 0.4) is 0 Å². The molecule has 0 amide bonds. The van der Waals surface area contributed by atoms with Crippen molar-refractivity contribution in [2.24, 2.45) is 0 Å². The van der Waals surface area contributed by atoms with E-state index in [9.17, 15) is 0 Å². The van der Waals surface area contributed by atoms with Crippen molar-refractivity contribution in [3.63, 3.8) is 0 Å². The van der Waals surface area contributed by atoms with E-state index < -0.39 is 7.12 Å². The molecular formula is C23H30BBrN4O2. The fourth-order valence-electron chi connectivity index (χ4n) is 2.69. The Kier molecular flexibility index (Phi) is 11.0. The van der Waals surface area contributed by atoms with Crippen molar-refractivity contribution in [3.8, 4) is 11.3 Å². The van der Waals surface area contributed by atoms with Gasteiger partial charge in [-0.05, 0) is 49.1 Å². The second kappa shape index (κ2) is 12.9. The third kappa shape index (κ3) is 8.53. The van der Waals surface area contributed by atoms with E-state index >= 15 is 0 Å². The maximum absolute atomic E-state index is 8.58. The first-order valence-electron chi connectivity index (χ1n) is 9.46. The normalized spacial score (nSPS) is 9.52. The Morgan fingerprint density at radius 2 is 1.23 bits per heavy atom. The second-order valence-electron chi connectivity index (χ2n) is 6.68. The minimum atomic E-state index is -1.34. The van der Waals surface area contributed by atoms with E-state index in [1.165, 1.54) is 5.56 Å². The monoisotopic (exact) mass is 484 g/mol. The molecule has 0 unspecified atom stereocenters. The van der Waals surface area contributed by atoms with Gasteiger partial charge in [0.2, 0.25) is 0 Å². The largest absolute Gasteiger partial charge is 0.488 e. The van der Waals surface area contributed by atoms with Gasteiger partial charge >= 0.3 is 7.12 Å². The molecule has 0 saturated heterocycles. The van der Waals surface area contributed by atoms with E-state index in [1.807, 2.05) is 52.0 Å². The van der Waals surface area contributed by atoms with Gasteiger partial charge in [-0.15, -0.1) is 0 Å². The number of imidazole rings is 2. The fraction of sp³-hybridized carbons (Fsp3) is 0.217. The number of benzene rings is 2. The number of halogens is 1. The lowest BCUT2D eigenvalue weighted by molar-refractivity contribution is 0.426. The molecule has 6 nitrogen and oxygen atoms in total. The predicted molar refractivity (Wildman–Crippen MR) is 132 cm³/mol. The second-order valence-corrected chi connectivity index (χ2v) is 7.44. The Morgan fingerprint density at radius 1 is 0.742 bits per heavy atom. The standard InChI is InChI=1S/C11H12N2.C6H7BO2.C5H7BrN2.CH4/c1-8-11(13-9(2)12-8)10-6-4-3-5-7-10;8-7(9)6-4-2-1-3-5-6;1-3-5(6)8-4(2)7-3;/h3-7H,1-2H3,(H,12,13);1-5,8-9H;1-2H3,(H,7,8);1H4. The zero-order valence-electron chi connectivity index (χ0n) is 17.5. The summed E-state index contributed by atoms with van der Waals surface area (Å²) in [7, 11) is -1.34. The highest BCUT2D eigenvalue weighted by Crippen LogP contribution is 2.19. The van der Waals surface area contributed by atoms with Gasteiger partial charge in [0.15, 0.2) is 0 Å². The zero-order valence-corrected chi connectivity index (χ0v) is 19.1. The molecule has 0 bridgehead atoms. The molecule has 0 aliphatic carbocycles. The molecule has 0 saturated carbocycles. The SMILES string of the molecule is C.Cc1nc(-c2ccccc2)c(C)[nH]1.Cc1nc(Br)c(C)[nH]1.OB(O)c1ccccc1. The Bertz CT molecular complexity index is 1010. The van der Waals surface area contributed by atoms with Crippen LogP contribution >= 0.6 is 15.9 Å². The van der Waals surface area contributed by atoms with Crippen LogP contribution in [0.5, 0.6) is 0 Å². The Labute approximate surface area is 193 Å². The average Bonchev–Trinajstić information content (AvgIpc) is 3.22. The molecule has 0 spiro atoms. The number of hydrogen-bond donors (Lipinski definition) is 4. The van der Waals surface area contributed by atoms with Crippen molar-refractivity contribution in [1.29, 1.82) is 0 Å². The van der Waals surface area contributed by atoms with Crippen molar-refractivity contribution in [1.82, 2.24) is 19.9 Å². The van der Waals surface area contributed by atoms with Crippen molar-refractivity contribution < 1.29 is 10.0 Å². The lowest BCUT2D eigenvalue weighted by atomic mass is 9.81. The molecule has 2 heterocycles. The molecule has 4 N–H and O–H groups in total. The van der Waals surface area contributed by atoms with Gasteiger partial charge in [0, 0.05) is 17.0 Å². The van der Waals surface area contributed by atoms with Gasteiger partial charge in [0.05, 0.1) is 5.69 Å². The molecule has 0 aliphatic rings. The molecule has 2 aromatic carbocycles. The van der Waals surface area contributed by atoms with E-state index in [0.717, 1.165) is 33.3 Å². The first kappa shape index (κ1) is 26.4. The lowest BCUT2D eigenvalue weighted by Crippen LogP contribution is -2.29. The number of H-pyrrole nitrogens is 2. The van der Waals surface area contributed by atoms with Crippen molar-refractivity contribution in [3.05, 3.63) is 88.3 Å². The minimum Gasteiger partial charge on any atom is -0.423 e. The van der Waals surface area contributed by atoms with Crippen LogP contribution in [0.25, 0.3) is 11.3 Å². The topological polar surface area (TPSA) is 97.8 Å². The first-order chi connectivity index (χ1) is 14.3. The van der Waals surface area contributed by atoms with Crippen LogP contribution in [0.15, 0.2) is 65.3 Å². The first-order valence-corrected chi connectivity index (χ1v) is 10.3. The number of nitrogens with one attached hydrogen (secondary N) is 2. The Balaban J connectivity index is 0.000000238. The smallest absolute Gasteiger partial charge is 0.423 e. The van der Waals surface area contributed by atoms with Crippen molar-refractivity contribution in [2.75, 3.05) is 0 Å². The zero-order chi connectivity index (χ0) is 22.1. The highest BCUT2D eigenvalue weighted by atomic mass is 79.9. The van der Waals surface area contributed by atoms with Gasteiger partial charge in [0.1, 0.15) is 16.3 Å². The molecule has 0 aliphatic heterocycles. The fourth-order valence-corrected chi connectivity index (χ4v) is 3.06. The Morgan fingerprint density at radius 3 is 1.55 bits per heavy atom. The summed E-state index contributed by atoms with van der Waals surface area (Å²) >= 11 is 3.27. The van der Waals surface area contributed by atoms with E-state index in [0.29, 0.717) is 5.46 Å². The molecule has 2 aromatic heterocycles. The molecule has 8 heteroatoms. The van der Waals surface area contributed by atoms with Gasteiger partial charge in [0.25, 0.3) is 0 Å². The third-order valence-electron chi connectivity index (χ3n) is 4.09. The minimum absolute atomic E-state index is 0. The molecule has 0 atom stereocenters.